The smallest absolute Gasteiger partial charge is 0.244 e. The SMILES string of the molecule is CN(C)NC(=O)C(C)(C)c1ccc(C(C)(C)C)cc1. The Bertz CT molecular complexity index is 439. The first kappa shape index (κ1) is 15.7. The lowest BCUT2D eigenvalue weighted by molar-refractivity contribution is -0.129. The van der Waals surface area contributed by atoms with Crippen molar-refractivity contribution in [2.75, 3.05) is 14.1 Å². The summed E-state index contributed by atoms with van der Waals surface area (Å²) in [7, 11) is 3.63. The van der Waals surface area contributed by atoms with E-state index in [-0.39, 0.29) is 11.3 Å². The molecule has 1 N–H and O–H groups in total. The molecule has 1 aromatic carbocycles. The van der Waals surface area contributed by atoms with Gasteiger partial charge in [0.25, 0.3) is 0 Å². The van der Waals surface area contributed by atoms with Crippen molar-refractivity contribution < 1.29 is 4.79 Å². The van der Waals surface area contributed by atoms with Gasteiger partial charge in [-0.2, -0.15) is 0 Å². The molecule has 0 aliphatic heterocycles. The van der Waals surface area contributed by atoms with E-state index in [4.69, 9.17) is 0 Å². The van der Waals surface area contributed by atoms with E-state index in [1.54, 1.807) is 5.01 Å². The number of amides is 1. The molecule has 1 rings (SSSR count). The highest BCUT2D eigenvalue weighted by Crippen LogP contribution is 2.27. The summed E-state index contributed by atoms with van der Waals surface area (Å²) in [4.78, 5) is 12.2. The van der Waals surface area contributed by atoms with E-state index < -0.39 is 5.41 Å². The summed E-state index contributed by atoms with van der Waals surface area (Å²) in [5.74, 6) is 0.000934. The lowest BCUT2D eigenvalue weighted by Crippen LogP contribution is -2.46. The molecular formula is C16H26N2O. The van der Waals surface area contributed by atoms with Crippen molar-refractivity contribution in [1.82, 2.24) is 10.4 Å². The second-order valence-corrected chi connectivity index (χ2v) is 6.79. The summed E-state index contributed by atoms with van der Waals surface area (Å²) in [5.41, 5.74) is 4.72. The first-order valence-corrected chi connectivity index (χ1v) is 6.64. The van der Waals surface area contributed by atoms with Crippen LogP contribution in [0.25, 0.3) is 0 Å². The zero-order valence-corrected chi connectivity index (χ0v) is 13.2. The maximum Gasteiger partial charge on any atom is 0.244 e. The predicted octanol–water partition coefficient (Wildman–Crippen LogP) is 2.85. The van der Waals surface area contributed by atoms with Gasteiger partial charge in [-0.3, -0.25) is 10.2 Å². The van der Waals surface area contributed by atoms with Crippen LogP contribution in [0.2, 0.25) is 0 Å². The fraction of sp³-hybridized carbons (Fsp3) is 0.562. The molecule has 0 saturated heterocycles. The molecule has 0 bridgehead atoms. The standard InChI is InChI=1S/C16H26N2O/c1-15(2,3)12-8-10-13(11-9-12)16(4,5)14(19)17-18(6)7/h8-11H,1-7H3,(H,17,19). The minimum atomic E-state index is -0.541. The molecule has 0 aliphatic rings. The normalized spacial score (nSPS) is 12.6. The second-order valence-electron chi connectivity index (χ2n) is 6.79. The van der Waals surface area contributed by atoms with E-state index in [9.17, 15) is 4.79 Å². The second kappa shape index (κ2) is 5.33. The molecule has 0 fully saturated rings. The Labute approximate surface area is 117 Å². The monoisotopic (exact) mass is 262 g/mol. The van der Waals surface area contributed by atoms with E-state index in [2.05, 4.69) is 50.5 Å². The van der Waals surface area contributed by atoms with Gasteiger partial charge in [-0.1, -0.05) is 45.0 Å². The predicted molar refractivity (Wildman–Crippen MR) is 80.0 cm³/mol. The molecule has 0 saturated carbocycles. The largest absolute Gasteiger partial charge is 0.289 e. The molecule has 19 heavy (non-hydrogen) atoms. The quantitative estimate of drug-likeness (QED) is 0.850. The van der Waals surface area contributed by atoms with Crippen molar-refractivity contribution in [3.05, 3.63) is 35.4 Å². The number of carbonyl (C=O) groups is 1. The van der Waals surface area contributed by atoms with Crippen LogP contribution in [0.3, 0.4) is 0 Å². The highest BCUT2D eigenvalue weighted by Gasteiger charge is 2.30. The van der Waals surface area contributed by atoms with Crippen LogP contribution in [0.4, 0.5) is 0 Å². The third kappa shape index (κ3) is 3.80. The van der Waals surface area contributed by atoms with E-state index in [0.717, 1.165) is 5.56 Å². The van der Waals surface area contributed by atoms with Gasteiger partial charge in [0.2, 0.25) is 5.91 Å². The fourth-order valence-corrected chi connectivity index (χ4v) is 1.86. The Morgan fingerprint density at radius 1 is 0.947 bits per heavy atom. The minimum Gasteiger partial charge on any atom is -0.289 e. The third-order valence-electron chi connectivity index (χ3n) is 3.37. The molecule has 0 atom stereocenters. The Kier molecular flexibility index (Phi) is 4.41. The van der Waals surface area contributed by atoms with Crippen LogP contribution in [0, 0.1) is 0 Å². The highest BCUT2D eigenvalue weighted by molar-refractivity contribution is 5.86. The van der Waals surface area contributed by atoms with E-state index >= 15 is 0 Å². The molecule has 0 unspecified atom stereocenters. The lowest BCUT2D eigenvalue weighted by atomic mass is 9.80. The number of carbonyl (C=O) groups excluding carboxylic acids is 1. The molecule has 3 heteroatoms. The number of nitrogens with zero attached hydrogens (tertiary/aromatic N) is 1. The number of hydrogen-bond donors (Lipinski definition) is 1. The molecule has 0 aliphatic carbocycles. The highest BCUT2D eigenvalue weighted by atomic mass is 16.2. The maximum atomic E-state index is 12.2. The molecule has 1 amide bonds. The van der Waals surface area contributed by atoms with Crippen molar-refractivity contribution >= 4 is 5.91 Å². The fourth-order valence-electron chi connectivity index (χ4n) is 1.86. The third-order valence-corrected chi connectivity index (χ3v) is 3.37. The zero-order valence-electron chi connectivity index (χ0n) is 13.2. The topological polar surface area (TPSA) is 32.3 Å². The van der Waals surface area contributed by atoms with Gasteiger partial charge in [-0.25, -0.2) is 5.01 Å². The van der Waals surface area contributed by atoms with Crippen LogP contribution in [0.5, 0.6) is 0 Å². The van der Waals surface area contributed by atoms with E-state index in [0.29, 0.717) is 0 Å². The first-order chi connectivity index (χ1) is 8.55. The van der Waals surface area contributed by atoms with Gasteiger partial charge in [0.15, 0.2) is 0 Å². The van der Waals surface area contributed by atoms with Crippen molar-refractivity contribution in [1.29, 1.82) is 0 Å². The van der Waals surface area contributed by atoms with Crippen LogP contribution >= 0.6 is 0 Å². The van der Waals surface area contributed by atoms with Crippen LogP contribution < -0.4 is 5.43 Å². The van der Waals surface area contributed by atoms with Gasteiger partial charge < -0.3 is 0 Å². The van der Waals surface area contributed by atoms with Crippen LogP contribution in [0.15, 0.2) is 24.3 Å². The summed E-state index contributed by atoms with van der Waals surface area (Å²) >= 11 is 0. The average molecular weight is 262 g/mol. The molecule has 0 heterocycles. The molecule has 0 radical (unpaired) electrons. The van der Waals surface area contributed by atoms with Crippen molar-refractivity contribution in [3.63, 3.8) is 0 Å². The summed E-state index contributed by atoms with van der Waals surface area (Å²) in [6.45, 7) is 10.4. The van der Waals surface area contributed by atoms with Gasteiger partial charge in [0.05, 0.1) is 5.41 Å². The molecule has 3 nitrogen and oxygen atoms in total. The Hall–Kier alpha value is -1.35. The number of hydrazine groups is 1. The Morgan fingerprint density at radius 3 is 1.74 bits per heavy atom. The van der Waals surface area contributed by atoms with Crippen molar-refractivity contribution in [2.45, 2.75) is 45.4 Å². The molecule has 1 aromatic rings. The maximum absolute atomic E-state index is 12.2. The van der Waals surface area contributed by atoms with E-state index in [1.165, 1.54) is 5.56 Å². The minimum absolute atomic E-state index is 0.000934. The molecule has 0 spiro atoms. The Morgan fingerprint density at radius 2 is 1.37 bits per heavy atom. The average Bonchev–Trinajstić information content (AvgIpc) is 2.27. The molecule has 0 aromatic heterocycles. The first-order valence-electron chi connectivity index (χ1n) is 6.64. The van der Waals surface area contributed by atoms with Gasteiger partial charge >= 0.3 is 0 Å². The summed E-state index contributed by atoms with van der Waals surface area (Å²) in [6.07, 6.45) is 0. The number of rotatable bonds is 3. The Balaban J connectivity index is 2.99. The molecular weight excluding hydrogens is 236 g/mol. The van der Waals surface area contributed by atoms with Gasteiger partial charge in [0.1, 0.15) is 0 Å². The summed E-state index contributed by atoms with van der Waals surface area (Å²) in [6, 6.07) is 8.33. The van der Waals surface area contributed by atoms with Gasteiger partial charge in [-0.05, 0) is 30.4 Å². The van der Waals surface area contributed by atoms with Crippen molar-refractivity contribution in [3.8, 4) is 0 Å². The molecule has 106 valence electrons. The number of nitrogens with one attached hydrogen (secondary N) is 1. The van der Waals surface area contributed by atoms with Gasteiger partial charge in [0, 0.05) is 14.1 Å². The van der Waals surface area contributed by atoms with Crippen LogP contribution in [-0.4, -0.2) is 25.0 Å². The van der Waals surface area contributed by atoms with E-state index in [1.807, 2.05) is 27.9 Å². The van der Waals surface area contributed by atoms with Crippen LogP contribution in [0.1, 0.15) is 45.7 Å². The van der Waals surface area contributed by atoms with Crippen molar-refractivity contribution in [2.24, 2.45) is 0 Å². The zero-order chi connectivity index (χ0) is 14.8. The number of benzene rings is 1. The number of hydrogen-bond acceptors (Lipinski definition) is 2. The lowest BCUT2D eigenvalue weighted by Gasteiger charge is -2.27. The summed E-state index contributed by atoms with van der Waals surface area (Å²) < 4.78 is 0. The van der Waals surface area contributed by atoms with Crippen LogP contribution in [-0.2, 0) is 15.6 Å². The van der Waals surface area contributed by atoms with Gasteiger partial charge in [-0.15, -0.1) is 0 Å². The summed E-state index contributed by atoms with van der Waals surface area (Å²) in [5, 5.41) is 1.67.